The van der Waals surface area contributed by atoms with Crippen molar-refractivity contribution in [3.63, 3.8) is 0 Å². The third-order valence-corrected chi connectivity index (χ3v) is 4.69. The Balaban J connectivity index is 2.00. The Morgan fingerprint density at radius 1 is 0.560 bits per heavy atom. The van der Waals surface area contributed by atoms with Crippen LogP contribution in [0.1, 0.15) is 17.0 Å². The summed E-state index contributed by atoms with van der Waals surface area (Å²) in [5.41, 5.74) is 7.36. The van der Waals surface area contributed by atoms with Crippen molar-refractivity contribution in [2.24, 2.45) is 0 Å². The molecule has 4 aromatic rings. The Kier molecular flexibility index (Phi) is 3.81. The van der Waals surface area contributed by atoms with E-state index in [0.29, 0.717) is 0 Å². The van der Waals surface area contributed by atoms with Gasteiger partial charge in [0.25, 0.3) is 0 Å². The third kappa shape index (κ3) is 2.70. The van der Waals surface area contributed by atoms with Crippen LogP contribution in [-0.4, -0.2) is 9.97 Å². The Bertz CT molecular complexity index is 1080. The quantitative estimate of drug-likeness (QED) is 0.459. The van der Waals surface area contributed by atoms with E-state index in [1.165, 1.54) is 16.3 Å². The zero-order valence-electron chi connectivity index (χ0n) is 14.7. The molecule has 122 valence electrons. The van der Waals surface area contributed by atoms with Gasteiger partial charge in [0.2, 0.25) is 0 Å². The number of benzene rings is 3. The standard InChI is InChI=1S/C23H20N2/c1-15-9-4-6-12-19(15)22-16(2)24-17(3)23(25-22)21-14-8-11-18-10-5-7-13-20(18)21/h4-14H,1-3H3. The average molecular weight is 324 g/mol. The van der Waals surface area contributed by atoms with Crippen molar-refractivity contribution < 1.29 is 0 Å². The number of rotatable bonds is 2. The Morgan fingerprint density at radius 3 is 1.96 bits per heavy atom. The van der Waals surface area contributed by atoms with E-state index >= 15 is 0 Å². The zero-order chi connectivity index (χ0) is 17.4. The minimum absolute atomic E-state index is 0.959. The van der Waals surface area contributed by atoms with Gasteiger partial charge in [-0.3, -0.25) is 4.98 Å². The molecule has 0 aliphatic heterocycles. The highest BCUT2D eigenvalue weighted by Crippen LogP contribution is 2.32. The van der Waals surface area contributed by atoms with Crippen LogP contribution in [0, 0.1) is 20.8 Å². The van der Waals surface area contributed by atoms with E-state index in [4.69, 9.17) is 9.97 Å². The molecule has 25 heavy (non-hydrogen) atoms. The van der Waals surface area contributed by atoms with Crippen molar-refractivity contribution in [1.29, 1.82) is 0 Å². The molecule has 0 saturated carbocycles. The summed E-state index contributed by atoms with van der Waals surface area (Å²) in [7, 11) is 0. The van der Waals surface area contributed by atoms with Gasteiger partial charge < -0.3 is 0 Å². The molecule has 1 aromatic heterocycles. The minimum Gasteiger partial charge on any atom is -0.254 e. The van der Waals surface area contributed by atoms with Gasteiger partial charge in [0.1, 0.15) is 0 Å². The number of aryl methyl sites for hydroxylation is 3. The third-order valence-electron chi connectivity index (χ3n) is 4.69. The Morgan fingerprint density at radius 2 is 1.16 bits per heavy atom. The molecule has 0 fully saturated rings. The van der Waals surface area contributed by atoms with Crippen LogP contribution in [0.5, 0.6) is 0 Å². The summed E-state index contributed by atoms with van der Waals surface area (Å²) in [6, 6.07) is 23.1. The minimum atomic E-state index is 0.959. The first-order valence-corrected chi connectivity index (χ1v) is 8.54. The lowest BCUT2D eigenvalue weighted by Gasteiger charge is -2.14. The maximum Gasteiger partial charge on any atom is 0.0928 e. The molecular formula is C23H20N2. The maximum absolute atomic E-state index is 5.06. The largest absolute Gasteiger partial charge is 0.254 e. The van der Waals surface area contributed by atoms with E-state index < -0.39 is 0 Å². The molecule has 0 aliphatic rings. The number of hydrogen-bond donors (Lipinski definition) is 0. The predicted octanol–water partition coefficient (Wildman–Crippen LogP) is 5.89. The van der Waals surface area contributed by atoms with Crippen molar-refractivity contribution >= 4 is 10.8 Å². The van der Waals surface area contributed by atoms with E-state index in [1.54, 1.807) is 0 Å². The maximum atomic E-state index is 5.06. The van der Waals surface area contributed by atoms with Crippen molar-refractivity contribution in [3.05, 3.63) is 83.7 Å². The molecule has 0 N–H and O–H groups in total. The normalized spacial score (nSPS) is 11.0. The van der Waals surface area contributed by atoms with Crippen LogP contribution >= 0.6 is 0 Å². The fraction of sp³-hybridized carbons (Fsp3) is 0.130. The molecule has 0 amide bonds. The predicted molar refractivity (Wildman–Crippen MR) is 105 cm³/mol. The first-order valence-electron chi connectivity index (χ1n) is 8.54. The summed E-state index contributed by atoms with van der Waals surface area (Å²) >= 11 is 0. The molecule has 3 aromatic carbocycles. The lowest BCUT2D eigenvalue weighted by molar-refractivity contribution is 1.07. The first-order chi connectivity index (χ1) is 12.1. The molecule has 0 radical (unpaired) electrons. The van der Waals surface area contributed by atoms with Gasteiger partial charge in [-0.1, -0.05) is 66.7 Å². The van der Waals surface area contributed by atoms with Crippen LogP contribution in [-0.2, 0) is 0 Å². The molecule has 4 rings (SSSR count). The summed E-state index contributed by atoms with van der Waals surface area (Å²) < 4.78 is 0. The first kappa shape index (κ1) is 15.5. The average Bonchev–Trinajstić information content (AvgIpc) is 2.62. The van der Waals surface area contributed by atoms with Crippen LogP contribution in [0.15, 0.2) is 66.7 Å². The van der Waals surface area contributed by atoms with Crippen LogP contribution in [0.25, 0.3) is 33.3 Å². The van der Waals surface area contributed by atoms with Gasteiger partial charge in [0.15, 0.2) is 0 Å². The van der Waals surface area contributed by atoms with Crippen molar-refractivity contribution in [3.8, 4) is 22.5 Å². The second kappa shape index (κ2) is 6.14. The highest BCUT2D eigenvalue weighted by molar-refractivity contribution is 5.96. The summed E-state index contributed by atoms with van der Waals surface area (Å²) in [6.45, 7) is 6.20. The lowest BCUT2D eigenvalue weighted by Crippen LogP contribution is -2.01. The van der Waals surface area contributed by atoms with Gasteiger partial charge in [-0.2, -0.15) is 0 Å². The summed E-state index contributed by atoms with van der Waals surface area (Å²) in [4.78, 5) is 9.87. The number of nitrogens with zero attached hydrogens (tertiary/aromatic N) is 2. The zero-order valence-corrected chi connectivity index (χ0v) is 14.7. The monoisotopic (exact) mass is 324 g/mol. The molecule has 2 heteroatoms. The smallest absolute Gasteiger partial charge is 0.0928 e. The van der Waals surface area contributed by atoms with Gasteiger partial charge >= 0.3 is 0 Å². The van der Waals surface area contributed by atoms with Gasteiger partial charge in [-0.15, -0.1) is 0 Å². The SMILES string of the molecule is Cc1ccccc1-c1nc(-c2cccc3ccccc23)c(C)nc1C. The van der Waals surface area contributed by atoms with E-state index in [-0.39, 0.29) is 0 Å². The summed E-state index contributed by atoms with van der Waals surface area (Å²) in [6.07, 6.45) is 0. The van der Waals surface area contributed by atoms with E-state index in [0.717, 1.165) is 33.9 Å². The van der Waals surface area contributed by atoms with E-state index in [1.807, 2.05) is 13.8 Å². The topological polar surface area (TPSA) is 25.8 Å². The van der Waals surface area contributed by atoms with Crippen molar-refractivity contribution in [2.75, 3.05) is 0 Å². The second-order valence-corrected chi connectivity index (χ2v) is 6.43. The fourth-order valence-electron chi connectivity index (χ4n) is 3.41. The number of aromatic nitrogens is 2. The van der Waals surface area contributed by atoms with Crippen molar-refractivity contribution in [1.82, 2.24) is 9.97 Å². The Hall–Kier alpha value is -3.00. The molecule has 1 heterocycles. The highest BCUT2D eigenvalue weighted by atomic mass is 14.8. The highest BCUT2D eigenvalue weighted by Gasteiger charge is 2.14. The molecule has 0 saturated heterocycles. The molecule has 2 nitrogen and oxygen atoms in total. The molecule has 0 unspecified atom stereocenters. The molecule has 0 spiro atoms. The second-order valence-electron chi connectivity index (χ2n) is 6.43. The number of fused-ring (bicyclic) bond motifs is 1. The molecule has 0 atom stereocenters. The summed E-state index contributed by atoms with van der Waals surface area (Å²) in [5, 5.41) is 2.43. The van der Waals surface area contributed by atoms with Crippen LogP contribution < -0.4 is 0 Å². The van der Waals surface area contributed by atoms with Crippen molar-refractivity contribution in [2.45, 2.75) is 20.8 Å². The van der Waals surface area contributed by atoms with E-state index in [9.17, 15) is 0 Å². The molecule has 0 aliphatic carbocycles. The molecular weight excluding hydrogens is 304 g/mol. The number of hydrogen-bond acceptors (Lipinski definition) is 2. The van der Waals surface area contributed by atoms with Gasteiger partial charge in [-0.05, 0) is 37.1 Å². The lowest BCUT2D eigenvalue weighted by atomic mass is 9.99. The van der Waals surface area contributed by atoms with E-state index in [2.05, 4.69) is 73.7 Å². The summed E-state index contributed by atoms with van der Waals surface area (Å²) in [5.74, 6) is 0. The van der Waals surface area contributed by atoms with Gasteiger partial charge in [0, 0.05) is 11.1 Å². The van der Waals surface area contributed by atoms with Crippen LogP contribution in [0.4, 0.5) is 0 Å². The van der Waals surface area contributed by atoms with Gasteiger partial charge in [-0.25, -0.2) is 4.98 Å². The Labute approximate surface area is 148 Å². The molecule has 0 bridgehead atoms. The van der Waals surface area contributed by atoms with Crippen LogP contribution in [0.2, 0.25) is 0 Å². The van der Waals surface area contributed by atoms with Gasteiger partial charge in [0.05, 0.1) is 22.8 Å². The fourth-order valence-corrected chi connectivity index (χ4v) is 3.41. The van der Waals surface area contributed by atoms with Crippen LogP contribution in [0.3, 0.4) is 0 Å².